The highest BCUT2D eigenvalue weighted by atomic mass is 79.9. The molecule has 14 heavy (non-hydrogen) atoms. The average Bonchev–Trinajstić information content (AvgIpc) is 2.02. The Balaban J connectivity index is 3.16. The zero-order valence-corrected chi connectivity index (χ0v) is 8.03. The molecule has 1 heterocycles. The van der Waals surface area contributed by atoms with Crippen molar-refractivity contribution >= 4 is 15.9 Å². The van der Waals surface area contributed by atoms with Crippen molar-refractivity contribution in [3.8, 4) is 0 Å². The standard InChI is InChI=1S/C7H3BrF5N/c8-5-1-4(2-14-3-5)6(9,10)7(11,12)13/h1-3H. The second-order valence-corrected chi connectivity index (χ2v) is 3.38. The Hall–Kier alpha value is -0.720. The van der Waals surface area contributed by atoms with E-state index in [1.54, 1.807) is 0 Å². The van der Waals surface area contributed by atoms with Crippen molar-refractivity contribution in [1.29, 1.82) is 0 Å². The van der Waals surface area contributed by atoms with Crippen LogP contribution < -0.4 is 0 Å². The minimum Gasteiger partial charge on any atom is -0.263 e. The van der Waals surface area contributed by atoms with Gasteiger partial charge >= 0.3 is 12.1 Å². The summed E-state index contributed by atoms with van der Waals surface area (Å²) in [5, 5.41) is 0. The first-order chi connectivity index (χ1) is 6.25. The number of alkyl halides is 5. The molecule has 0 N–H and O–H groups in total. The molecule has 0 aliphatic heterocycles. The molecule has 0 atom stereocenters. The van der Waals surface area contributed by atoms with E-state index in [1.807, 2.05) is 0 Å². The lowest BCUT2D eigenvalue weighted by molar-refractivity contribution is -0.289. The smallest absolute Gasteiger partial charge is 0.263 e. The molecule has 0 radical (unpaired) electrons. The van der Waals surface area contributed by atoms with Crippen molar-refractivity contribution in [2.45, 2.75) is 12.1 Å². The molecule has 0 aliphatic rings. The Morgan fingerprint density at radius 1 is 1.07 bits per heavy atom. The normalized spacial score (nSPS) is 13.0. The van der Waals surface area contributed by atoms with Crippen LogP contribution in [0.3, 0.4) is 0 Å². The van der Waals surface area contributed by atoms with Crippen molar-refractivity contribution in [2.75, 3.05) is 0 Å². The largest absolute Gasteiger partial charge is 0.458 e. The third-order valence-corrected chi connectivity index (χ3v) is 1.86. The Kier molecular flexibility index (Phi) is 2.80. The zero-order chi connectivity index (χ0) is 11.0. The highest BCUT2D eigenvalue weighted by molar-refractivity contribution is 9.10. The fourth-order valence-corrected chi connectivity index (χ4v) is 1.11. The van der Waals surface area contributed by atoms with Crippen molar-refractivity contribution in [3.63, 3.8) is 0 Å². The van der Waals surface area contributed by atoms with Crippen LogP contribution in [-0.2, 0) is 5.92 Å². The lowest BCUT2D eigenvalue weighted by atomic mass is 10.1. The van der Waals surface area contributed by atoms with Crippen molar-refractivity contribution < 1.29 is 22.0 Å². The summed E-state index contributed by atoms with van der Waals surface area (Å²) < 4.78 is 61.0. The number of pyridine rings is 1. The van der Waals surface area contributed by atoms with Gasteiger partial charge in [-0.2, -0.15) is 22.0 Å². The molecule has 0 saturated heterocycles. The molecule has 0 amide bonds. The van der Waals surface area contributed by atoms with Crippen LogP contribution >= 0.6 is 15.9 Å². The molecule has 0 saturated carbocycles. The fourth-order valence-electron chi connectivity index (χ4n) is 0.747. The number of aromatic nitrogens is 1. The number of halogens is 6. The van der Waals surface area contributed by atoms with E-state index >= 15 is 0 Å². The van der Waals surface area contributed by atoms with Gasteiger partial charge in [-0.25, -0.2) is 0 Å². The second-order valence-electron chi connectivity index (χ2n) is 2.46. The summed E-state index contributed by atoms with van der Waals surface area (Å²) in [7, 11) is 0. The molecule has 1 rings (SSSR count). The van der Waals surface area contributed by atoms with Gasteiger partial charge in [0, 0.05) is 22.4 Å². The molecular formula is C7H3BrF5N. The Morgan fingerprint density at radius 3 is 2.07 bits per heavy atom. The summed E-state index contributed by atoms with van der Waals surface area (Å²) in [5.41, 5.74) is -1.18. The van der Waals surface area contributed by atoms with Crippen LogP contribution in [0.1, 0.15) is 5.56 Å². The quantitative estimate of drug-likeness (QED) is 0.715. The van der Waals surface area contributed by atoms with Crippen LogP contribution in [0.2, 0.25) is 0 Å². The third-order valence-electron chi connectivity index (χ3n) is 1.42. The van der Waals surface area contributed by atoms with Gasteiger partial charge in [0.15, 0.2) is 0 Å². The highest BCUT2D eigenvalue weighted by Gasteiger charge is 2.58. The van der Waals surface area contributed by atoms with E-state index in [0.29, 0.717) is 12.3 Å². The van der Waals surface area contributed by atoms with Crippen LogP contribution in [0.15, 0.2) is 22.9 Å². The van der Waals surface area contributed by atoms with Gasteiger partial charge in [-0.3, -0.25) is 4.98 Å². The van der Waals surface area contributed by atoms with Gasteiger partial charge in [0.2, 0.25) is 0 Å². The van der Waals surface area contributed by atoms with E-state index in [1.165, 1.54) is 0 Å². The first-order valence-electron chi connectivity index (χ1n) is 3.30. The number of hydrogen-bond donors (Lipinski definition) is 0. The summed E-state index contributed by atoms with van der Waals surface area (Å²) in [5.74, 6) is -4.87. The molecule has 1 nitrogen and oxygen atoms in total. The molecule has 78 valence electrons. The fraction of sp³-hybridized carbons (Fsp3) is 0.286. The van der Waals surface area contributed by atoms with Gasteiger partial charge in [-0.15, -0.1) is 0 Å². The predicted octanol–water partition coefficient (Wildman–Crippen LogP) is 3.50. The molecule has 0 aromatic carbocycles. The van der Waals surface area contributed by atoms with E-state index < -0.39 is 17.7 Å². The van der Waals surface area contributed by atoms with Gasteiger partial charge in [0.25, 0.3) is 0 Å². The summed E-state index contributed by atoms with van der Waals surface area (Å²) in [6, 6.07) is 0.681. The van der Waals surface area contributed by atoms with Crippen LogP contribution in [0.4, 0.5) is 22.0 Å². The highest BCUT2D eigenvalue weighted by Crippen LogP contribution is 2.43. The Bertz CT molecular complexity index is 335. The topological polar surface area (TPSA) is 12.9 Å². The number of rotatable bonds is 1. The molecule has 0 unspecified atom stereocenters. The van der Waals surface area contributed by atoms with Crippen molar-refractivity contribution in [2.24, 2.45) is 0 Å². The molecule has 1 aromatic rings. The zero-order valence-electron chi connectivity index (χ0n) is 6.45. The maximum atomic E-state index is 12.7. The van der Waals surface area contributed by atoms with Gasteiger partial charge in [-0.05, 0) is 22.0 Å². The second kappa shape index (κ2) is 3.45. The summed E-state index contributed by atoms with van der Waals surface area (Å²) >= 11 is 2.76. The first kappa shape index (κ1) is 11.4. The SMILES string of the molecule is FC(F)(F)C(F)(F)c1cncc(Br)c1. The predicted molar refractivity (Wildman–Crippen MR) is 41.9 cm³/mol. The van der Waals surface area contributed by atoms with Crippen LogP contribution in [0, 0.1) is 0 Å². The summed E-state index contributed by atoms with van der Waals surface area (Å²) in [4.78, 5) is 3.24. The van der Waals surface area contributed by atoms with E-state index in [0.717, 1.165) is 6.20 Å². The van der Waals surface area contributed by atoms with Gasteiger partial charge in [-0.1, -0.05) is 0 Å². The molecule has 0 fully saturated rings. The first-order valence-corrected chi connectivity index (χ1v) is 4.10. The average molecular weight is 276 g/mol. The lowest BCUT2D eigenvalue weighted by Crippen LogP contribution is -2.33. The Labute approximate surface area is 84.1 Å². The molecule has 0 spiro atoms. The lowest BCUT2D eigenvalue weighted by Gasteiger charge is -2.19. The number of hydrogen-bond acceptors (Lipinski definition) is 1. The molecule has 7 heteroatoms. The van der Waals surface area contributed by atoms with Crippen LogP contribution in [0.5, 0.6) is 0 Å². The summed E-state index contributed by atoms with van der Waals surface area (Å²) in [6.45, 7) is 0. The minimum atomic E-state index is -5.60. The van der Waals surface area contributed by atoms with E-state index in [2.05, 4.69) is 20.9 Å². The molecule has 1 aromatic heterocycles. The summed E-state index contributed by atoms with van der Waals surface area (Å²) in [6.07, 6.45) is -4.00. The van der Waals surface area contributed by atoms with Gasteiger partial charge < -0.3 is 0 Å². The van der Waals surface area contributed by atoms with Crippen LogP contribution in [-0.4, -0.2) is 11.2 Å². The van der Waals surface area contributed by atoms with E-state index in [4.69, 9.17) is 0 Å². The maximum absolute atomic E-state index is 12.7. The molecule has 0 bridgehead atoms. The molecule has 0 aliphatic carbocycles. The minimum absolute atomic E-state index is 0.0684. The van der Waals surface area contributed by atoms with E-state index in [9.17, 15) is 22.0 Å². The van der Waals surface area contributed by atoms with Gasteiger partial charge in [0.1, 0.15) is 0 Å². The molecular weight excluding hydrogens is 273 g/mol. The third kappa shape index (κ3) is 2.02. The van der Waals surface area contributed by atoms with Gasteiger partial charge in [0.05, 0.1) is 0 Å². The van der Waals surface area contributed by atoms with Crippen molar-refractivity contribution in [1.82, 2.24) is 4.98 Å². The Morgan fingerprint density at radius 2 is 1.64 bits per heavy atom. The van der Waals surface area contributed by atoms with Crippen LogP contribution in [0.25, 0.3) is 0 Å². The maximum Gasteiger partial charge on any atom is 0.458 e. The monoisotopic (exact) mass is 275 g/mol. The van der Waals surface area contributed by atoms with Crippen molar-refractivity contribution in [3.05, 3.63) is 28.5 Å². The number of nitrogens with zero attached hydrogens (tertiary/aromatic N) is 1. The van der Waals surface area contributed by atoms with E-state index in [-0.39, 0.29) is 4.47 Å².